The Morgan fingerprint density at radius 3 is 2.80 bits per heavy atom. The molecule has 0 spiro atoms. The van der Waals surface area contributed by atoms with Crippen LogP contribution in [0.1, 0.15) is 21.7 Å². The maximum Gasteiger partial charge on any atom is 0.341 e. The second-order valence-electron chi connectivity index (χ2n) is 3.81. The number of carbonyl (C=O) groups excluding carboxylic acids is 1. The molecule has 0 aliphatic rings. The van der Waals surface area contributed by atoms with E-state index in [2.05, 4.69) is 9.89 Å². The second kappa shape index (κ2) is 6.77. The number of ether oxygens (including phenoxy) is 1. The molecular weight excluding hydrogens is 282 g/mol. The van der Waals surface area contributed by atoms with Gasteiger partial charge in [-0.15, -0.1) is 0 Å². The van der Waals surface area contributed by atoms with Crippen LogP contribution in [0.25, 0.3) is 0 Å². The summed E-state index contributed by atoms with van der Waals surface area (Å²) in [4.78, 5) is 16.5. The summed E-state index contributed by atoms with van der Waals surface area (Å²) >= 11 is 5.77. The van der Waals surface area contributed by atoms with Crippen molar-refractivity contribution in [3.8, 4) is 0 Å². The number of halogens is 1. The van der Waals surface area contributed by atoms with E-state index < -0.39 is 5.97 Å². The second-order valence-corrected chi connectivity index (χ2v) is 4.24. The summed E-state index contributed by atoms with van der Waals surface area (Å²) < 4.78 is 9.76. The molecule has 0 aliphatic heterocycles. The van der Waals surface area contributed by atoms with Gasteiger partial charge in [0.05, 0.1) is 19.6 Å². The first-order valence-corrected chi connectivity index (χ1v) is 6.14. The summed E-state index contributed by atoms with van der Waals surface area (Å²) in [6.45, 7) is 0.0432. The number of furan rings is 1. The predicted molar refractivity (Wildman–Crippen MR) is 73.9 cm³/mol. The van der Waals surface area contributed by atoms with E-state index in [1.165, 1.54) is 25.7 Å². The molecule has 1 aromatic heterocycles. The van der Waals surface area contributed by atoms with Crippen LogP contribution in [0.4, 0.5) is 0 Å². The third-order valence-electron chi connectivity index (χ3n) is 2.49. The maximum atomic E-state index is 11.4. The van der Waals surface area contributed by atoms with Crippen molar-refractivity contribution in [3.05, 3.63) is 58.5 Å². The summed E-state index contributed by atoms with van der Waals surface area (Å²) in [5, 5.41) is 4.45. The van der Waals surface area contributed by atoms with Crippen molar-refractivity contribution in [1.29, 1.82) is 0 Å². The first-order valence-electron chi connectivity index (χ1n) is 5.76. The molecule has 0 atom stereocenters. The lowest BCUT2D eigenvalue weighted by molar-refractivity contribution is 0.0587. The number of oxime groups is 1. The summed E-state index contributed by atoms with van der Waals surface area (Å²) in [5.74, 6) is -0.107. The van der Waals surface area contributed by atoms with Crippen LogP contribution in [0.5, 0.6) is 0 Å². The van der Waals surface area contributed by atoms with E-state index in [4.69, 9.17) is 20.9 Å². The molecule has 0 saturated carbocycles. The fourth-order valence-electron chi connectivity index (χ4n) is 1.49. The Bertz CT molecular complexity index is 604. The minimum absolute atomic E-state index is 0.0432. The fourth-order valence-corrected chi connectivity index (χ4v) is 1.61. The molecule has 6 heteroatoms. The van der Waals surface area contributed by atoms with Gasteiger partial charge in [0, 0.05) is 5.02 Å². The molecule has 2 aromatic rings. The lowest BCUT2D eigenvalue weighted by Gasteiger charge is -2.00. The van der Waals surface area contributed by atoms with Gasteiger partial charge in [-0.3, -0.25) is 0 Å². The van der Waals surface area contributed by atoms with E-state index in [0.29, 0.717) is 16.3 Å². The Balaban J connectivity index is 1.91. The highest BCUT2D eigenvalue weighted by Crippen LogP contribution is 2.13. The van der Waals surface area contributed by atoms with Crippen molar-refractivity contribution in [1.82, 2.24) is 0 Å². The number of hydrogen-bond donors (Lipinski definition) is 0. The van der Waals surface area contributed by atoms with Gasteiger partial charge in [-0.1, -0.05) is 28.9 Å². The molecule has 1 aromatic carbocycles. The van der Waals surface area contributed by atoms with Crippen LogP contribution >= 0.6 is 11.6 Å². The normalized spacial score (nSPS) is 10.7. The van der Waals surface area contributed by atoms with Gasteiger partial charge in [-0.2, -0.15) is 0 Å². The quantitative estimate of drug-likeness (QED) is 0.482. The first-order chi connectivity index (χ1) is 9.70. The van der Waals surface area contributed by atoms with Gasteiger partial charge >= 0.3 is 5.97 Å². The smallest absolute Gasteiger partial charge is 0.341 e. The van der Waals surface area contributed by atoms with Crippen molar-refractivity contribution < 1.29 is 18.8 Å². The number of methoxy groups -OCH3 is 1. The topological polar surface area (TPSA) is 61.0 Å². The lowest BCUT2D eigenvalue weighted by atomic mass is 10.2. The minimum Gasteiger partial charge on any atom is -0.465 e. The average Bonchev–Trinajstić information content (AvgIpc) is 2.93. The average molecular weight is 294 g/mol. The highest BCUT2D eigenvalue weighted by Gasteiger charge is 2.15. The number of hydrogen-bond acceptors (Lipinski definition) is 5. The van der Waals surface area contributed by atoms with Crippen molar-refractivity contribution in [2.75, 3.05) is 7.11 Å². The molecule has 104 valence electrons. The van der Waals surface area contributed by atoms with E-state index in [9.17, 15) is 4.79 Å². The number of esters is 1. The van der Waals surface area contributed by atoms with Gasteiger partial charge in [0.25, 0.3) is 0 Å². The van der Waals surface area contributed by atoms with Crippen molar-refractivity contribution in [2.45, 2.75) is 6.61 Å². The van der Waals surface area contributed by atoms with Crippen molar-refractivity contribution in [3.63, 3.8) is 0 Å². The van der Waals surface area contributed by atoms with Gasteiger partial charge in [-0.05, 0) is 23.8 Å². The number of rotatable bonds is 5. The van der Waals surface area contributed by atoms with E-state index in [0.717, 1.165) is 5.56 Å². The number of benzene rings is 1. The van der Waals surface area contributed by atoms with E-state index in [1.54, 1.807) is 12.1 Å². The number of carbonyl (C=O) groups is 1. The molecule has 2 rings (SSSR count). The van der Waals surface area contributed by atoms with Crippen LogP contribution in [0.2, 0.25) is 5.02 Å². The zero-order valence-electron chi connectivity index (χ0n) is 10.7. The van der Waals surface area contributed by atoms with E-state index >= 15 is 0 Å². The van der Waals surface area contributed by atoms with Crippen molar-refractivity contribution >= 4 is 23.8 Å². The molecule has 0 fully saturated rings. The van der Waals surface area contributed by atoms with E-state index in [1.807, 2.05) is 12.1 Å². The van der Waals surface area contributed by atoms with Gasteiger partial charge < -0.3 is 14.0 Å². The first kappa shape index (κ1) is 14.1. The van der Waals surface area contributed by atoms with Gasteiger partial charge in [0.2, 0.25) is 0 Å². The van der Waals surface area contributed by atoms with Crippen LogP contribution < -0.4 is 0 Å². The molecule has 0 saturated heterocycles. The standard InChI is InChI=1S/C14H12ClNO4/c1-18-14(17)12-6-7-19-13(12)9-20-16-8-10-2-4-11(15)5-3-10/h2-8H,9H2,1H3/b16-8+. The summed E-state index contributed by atoms with van der Waals surface area (Å²) in [5.41, 5.74) is 1.18. The third kappa shape index (κ3) is 3.61. The van der Waals surface area contributed by atoms with Crippen LogP contribution in [0.15, 0.2) is 46.2 Å². The summed E-state index contributed by atoms with van der Waals surface area (Å²) in [6, 6.07) is 8.65. The fraction of sp³-hybridized carbons (Fsp3) is 0.143. The van der Waals surface area contributed by atoms with E-state index in [-0.39, 0.29) is 6.61 Å². The molecule has 5 nitrogen and oxygen atoms in total. The zero-order valence-corrected chi connectivity index (χ0v) is 11.5. The summed E-state index contributed by atoms with van der Waals surface area (Å²) in [7, 11) is 1.30. The van der Waals surface area contributed by atoms with Gasteiger partial charge in [-0.25, -0.2) is 4.79 Å². The molecule has 0 unspecified atom stereocenters. The molecule has 0 bridgehead atoms. The highest BCUT2D eigenvalue weighted by molar-refractivity contribution is 6.30. The maximum absolute atomic E-state index is 11.4. The van der Waals surface area contributed by atoms with Crippen LogP contribution in [0, 0.1) is 0 Å². The highest BCUT2D eigenvalue weighted by atomic mass is 35.5. The monoisotopic (exact) mass is 293 g/mol. The van der Waals surface area contributed by atoms with Crippen LogP contribution in [-0.4, -0.2) is 19.3 Å². The SMILES string of the molecule is COC(=O)c1ccoc1CO/N=C/c1ccc(Cl)cc1. The van der Waals surface area contributed by atoms with Gasteiger partial charge in [0.15, 0.2) is 12.4 Å². The lowest BCUT2D eigenvalue weighted by Crippen LogP contribution is -2.03. The Hall–Kier alpha value is -2.27. The zero-order chi connectivity index (χ0) is 14.4. The van der Waals surface area contributed by atoms with Crippen molar-refractivity contribution in [2.24, 2.45) is 5.16 Å². The van der Waals surface area contributed by atoms with Crippen LogP contribution in [0.3, 0.4) is 0 Å². The molecular formula is C14H12ClNO4. The largest absolute Gasteiger partial charge is 0.465 e. The van der Waals surface area contributed by atoms with Gasteiger partial charge in [0.1, 0.15) is 5.56 Å². The Labute approximate surface area is 120 Å². The molecule has 0 aliphatic carbocycles. The minimum atomic E-state index is -0.473. The molecule has 20 heavy (non-hydrogen) atoms. The molecule has 0 amide bonds. The predicted octanol–water partition coefficient (Wildman–Crippen LogP) is 3.27. The molecule has 0 N–H and O–H groups in total. The molecule has 0 radical (unpaired) electrons. The Morgan fingerprint density at radius 1 is 1.35 bits per heavy atom. The Kier molecular flexibility index (Phi) is 4.79. The van der Waals surface area contributed by atoms with Crippen LogP contribution in [-0.2, 0) is 16.2 Å². The molecule has 1 heterocycles. The Morgan fingerprint density at radius 2 is 2.10 bits per heavy atom. The summed E-state index contributed by atoms with van der Waals surface area (Å²) in [6.07, 6.45) is 2.94. The third-order valence-corrected chi connectivity index (χ3v) is 2.74. The number of nitrogens with zero attached hydrogens (tertiary/aromatic N) is 1.